The number of carbonyl (C=O) groups is 1. The second-order valence-corrected chi connectivity index (χ2v) is 5.22. The molecule has 1 amide bonds. The van der Waals surface area contributed by atoms with Gasteiger partial charge < -0.3 is 8.92 Å². The molecule has 8 heteroatoms. The minimum Gasteiger partial charge on any atom is -0.453 e. The third-order valence-corrected chi connectivity index (χ3v) is 3.21. The summed E-state index contributed by atoms with van der Waals surface area (Å²) in [7, 11) is 0.122. The zero-order valence-electron chi connectivity index (χ0n) is 10.2. The minimum absolute atomic E-state index is 0.0950. The van der Waals surface area contributed by atoms with Gasteiger partial charge in [-0.3, -0.25) is 5.32 Å². The van der Waals surface area contributed by atoms with Crippen molar-refractivity contribution in [3.8, 4) is 5.75 Å². The standard InChI is InChI=1S/C10H14N2O5S/c1-12(2)18(14,15)17-9-6-4-5-8(7-9)11-10(13)16-3/h4-7H,1-3H3,(H,11,13). The Hall–Kier alpha value is -1.80. The normalized spacial score (nSPS) is 11.1. The van der Waals surface area contributed by atoms with E-state index in [1.165, 1.54) is 33.3 Å². The minimum atomic E-state index is -3.81. The maximum Gasteiger partial charge on any atom is 0.411 e. The van der Waals surface area contributed by atoms with Crippen LogP contribution in [-0.2, 0) is 15.0 Å². The summed E-state index contributed by atoms with van der Waals surface area (Å²) in [5.74, 6) is 0.0950. The van der Waals surface area contributed by atoms with Crippen LogP contribution in [0.4, 0.5) is 10.5 Å². The Kier molecular flexibility index (Phi) is 4.51. The first-order chi connectivity index (χ1) is 8.35. The van der Waals surface area contributed by atoms with Gasteiger partial charge in [-0.2, -0.15) is 12.7 Å². The molecule has 100 valence electrons. The van der Waals surface area contributed by atoms with E-state index in [0.29, 0.717) is 5.69 Å². The van der Waals surface area contributed by atoms with Gasteiger partial charge in [0, 0.05) is 25.8 Å². The summed E-state index contributed by atoms with van der Waals surface area (Å²) in [6.07, 6.45) is -0.650. The molecule has 1 N–H and O–H groups in total. The third kappa shape index (κ3) is 3.90. The second kappa shape index (κ2) is 5.69. The number of rotatable bonds is 4. The number of carbonyl (C=O) groups excluding carboxylic acids is 1. The Balaban J connectivity index is 2.86. The maximum atomic E-state index is 11.5. The molecule has 0 unspecified atom stereocenters. The van der Waals surface area contributed by atoms with Gasteiger partial charge in [-0.05, 0) is 12.1 Å². The van der Waals surface area contributed by atoms with Gasteiger partial charge >= 0.3 is 16.4 Å². The summed E-state index contributed by atoms with van der Waals surface area (Å²) in [5.41, 5.74) is 0.369. The summed E-state index contributed by atoms with van der Waals surface area (Å²) >= 11 is 0. The van der Waals surface area contributed by atoms with E-state index >= 15 is 0 Å². The summed E-state index contributed by atoms with van der Waals surface area (Å²) in [6, 6.07) is 5.96. The van der Waals surface area contributed by atoms with Crippen LogP contribution in [0, 0.1) is 0 Å². The highest BCUT2D eigenvalue weighted by atomic mass is 32.2. The number of benzene rings is 1. The molecule has 1 aromatic rings. The Labute approximate surface area is 106 Å². The highest BCUT2D eigenvalue weighted by molar-refractivity contribution is 7.84. The molecule has 0 saturated carbocycles. The molecule has 1 rings (SSSR count). The van der Waals surface area contributed by atoms with Crippen LogP contribution in [0.2, 0.25) is 0 Å². The molecule has 0 aliphatic heterocycles. The largest absolute Gasteiger partial charge is 0.453 e. The SMILES string of the molecule is COC(=O)Nc1cccc(OS(=O)(=O)N(C)C)c1. The van der Waals surface area contributed by atoms with Crippen molar-refractivity contribution in [1.29, 1.82) is 0 Å². The maximum absolute atomic E-state index is 11.5. The Morgan fingerprint density at radius 2 is 2.00 bits per heavy atom. The lowest BCUT2D eigenvalue weighted by Crippen LogP contribution is -2.27. The summed E-state index contributed by atoms with van der Waals surface area (Å²) in [6.45, 7) is 0. The van der Waals surface area contributed by atoms with E-state index in [4.69, 9.17) is 4.18 Å². The zero-order valence-corrected chi connectivity index (χ0v) is 11.0. The predicted molar refractivity (Wildman–Crippen MR) is 65.7 cm³/mol. The second-order valence-electron chi connectivity index (χ2n) is 3.47. The molecule has 1 aromatic carbocycles. The van der Waals surface area contributed by atoms with Crippen LogP contribution >= 0.6 is 0 Å². The molecule has 0 aromatic heterocycles. The number of hydrogen-bond acceptors (Lipinski definition) is 5. The molecule has 7 nitrogen and oxygen atoms in total. The Bertz CT molecular complexity index is 527. The smallest absolute Gasteiger partial charge is 0.411 e. The van der Waals surface area contributed by atoms with Crippen LogP contribution in [0.15, 0.2) is 24.3 Å². The van der Waals surface area contributed by atoms with E-state index in [1.54, 1.807) is 12.1 Å². The van der Waals surface area contributed by atoms with E-state index < -0.39 is 16.4 Å². The van der Waals surface area contributed by atoms with Crippen molar-refractivity contribution in [2.24, 2.45) is 0 Å². The van der Waals surface area contributed by atoms with Crippen LogP contribution in [0.5, 0.6) is 5.75 Å². The number of anilines is 1. The van der Waals surface area contributed by atoms with Crippen molar-refractivity contribution in [3.63, 3.8) is 0 Å². The molecule has 0 aliphatic rings. The van der Waals surface area contributed by atoms with Crippen molar-refractivity contribution >= 4 is 22.1 Å². The average molecular weight is 274 g/mol. The number of ether oxygens (including phenoxy) is 1. The molecule has 0 atom stereocenters. The molecule has 0 saturated heterocycles. The molecular formula is C10H14N2O5S. The molecule has 0 radical (unpaired) electrons. The van der Waals surface area contributed by atoms with Crippen LogP contribution in [0.1, 0.15) is 0 Å². The zero-order chi connectivity index (χ0) is 13.8. The lowest BCUT2D eigenvalue weighted by molar-refractivity contribution is 0.187. The summed E-state index contributed by atoms with van der Waals surface area (Å²) < 4.78 is 33.1. The highest BCUT2D eigenvalue weighted by Crippen LogP contribution is 2.19. The molecule has 0 aliphatic carbocycles. The topological polar surface area (TPSA) is 84.9 Å². The monoisotopic (exact) mass is 274 g/mol. The predicted octanol–water partition coefficient (Wildman–Crippen LogP) is 1.05. The molecule has 0 spiro atoms. The summed E-state index contributed by atoms with van der Waals surface area (Å²) in [5, 5.41) is 2.40. The highest BCUT2D eigenvalue weighted by Gasteiger charge is 2.15. The third-order valence-electron chi connectivity index (χ3n) is 1.91. The summed E-state index contributed by atoms with van der Waals surface area (Å²) in [4.78, 5) is 11.0. The molecule has 0 fully saturated rings. The van der Waals surface area contributed by atoms with Crippen molar-refractivity contribution in [1.82, 2.24) is 4.31 Å². The van der Waals surface area contributed by atoms with Gasteiger partial charge in [0.1, 0.15) is 5.75 Å². The van der Waals surface area contributed by atoms with Gasteiger partial charge in [0.25, 0.3) is 0 Å². The molecule has 0 bridgehead atoms. The van der Waals surface area contributed by atoms with Crippen LogP contribution < -0.4 is 9.50 Å². The number of methoxy groups -OCH3 is 1. The first kappa shape index (κ1) is 14.3. The molecular weight excluding hydrogens is 260 g/mol. The van der Waals surface area contributed by atoms with Gasteiger partial charge in [0.05, 0.1) is 7.11 Å². The van der Waals surface area contributed by atoms with Gasteiger partial charge in [-0.1, -0.05) is 6.07 Å². The van der Waals surface area contributed by atoms with E-state index in [-0.39, 0.29) is 5.75 Å². The van der Waals surface area contributed by atoms with E-state index in [2.05, 4.69) is 10.1 Å². The lowest BCUT2D eigenvalue weighted by Gasteiger charge is -2.12. The van der Waals surface area contributed by atoms with E-state index in [1.807, 2.05) is 0 Å². The van der Waals surface area contributed by atoms with Crippen LogP contribution in [0.3, 0.4) is 0 Å². The molecule has 18 heavy (non-hydrogen) atoms. The van der Waals surface area contributed by atoms with Gasteiger partial charge in [0.15, 0.2) is 0 Å². The Morgan fingerprint density at radius 1 is 1.33 bits per heavy atom. The number of nitrogens with zero attached hydrogens (tertiary/aromatic N) is 1. The van der Waals surface area contributed by atoms with Crippen molar-refractivity contribution in [2.75, 3.05) is 26.5 Å². The first-order valence-corrected chi connectivity index (χ1v) is 6.28. The lowest BCUT2D eigenvalue weighted by atomic mass is 10.3. The van der Waals surface area contributed by atoms with Gasteiger partial charge in [0.2, 0.25) is 0 Å². The fraction of sp³-hybridized carbons (Fsp3) is 0.300. The van der Waals surface area contributed by atoms with Crippen LogP contribution in [-0.4, -0.2) is 40.0 Å². The van der Waals surface area contributed by atoms with E-state index in [0.717, 1.165) is 4.31 Å². The van der Waals surface area contributed by atoms with Gasteiger partial charge in [-0.15, -0.1) is 0 Å². The average Bonchev–Trinajstić information content (AvgIpc) is 2.28. The van der Waals surface area contributed by atoms with Crippen molar-refractivity contribution in [3.05, 3.63) is 24.3 Å². The Morgan fingerprint density at radius 3 is 2.56 bits per heavy atom. The first-order valence-electron chi connectivity index (χ1n) is 4.92. The van der Waals surface area contributed by atoms with Crippen LogP contribution in [0.25, 0.3) is 0 Å². The number of amides is 1. The molecule has 0 heterocycles. The fourth-order valence-corrected chi connectivity index (χ4v) is 1.49. The van der Waals surface area contributed by atoms with Crippen molar-refractivity contribution < 1.29 is 22.1 Å². The van der Waals surface area contributed by atoms with Crippen molar-refractivity contribution in [2.45, 2.75) is 0 Å². The quantitative estimate of drug-likeness (QED) is 0.887. The fourth-order valence-electron chi connectivity index (χ4n) is 0.991. The number of hydrogen-bond donors (Lipinski definition) is 1. The number of nitrogens with one attached hydrogen (secondary N) is 1. The van der Waals surface area contributed by atoms with E-state index in [9.17, 15) is 13.2 Å². The van der Waals surface area contributed by atoms with Gasteiger partial charge in [-0.25, -0.2) is 4.79 Å².